The fourth-order valence-electron chi connectivity index (χ4n) is 2.68. The second kappa shape index (κ2) is 8.22. The number of rotatable bonds is 7. The smallest absolute Gasteiger partial charge is 0.312 e. The molecule has 0 unspecified atom stereocenters. The highest BCUT2D eigenvalue weighted by Crippen LogP contribution is 2.30. The summed E-state index contributed by atoms with van der Waals surface area (Å²) in [4.78, 5) is 22.0. The van der Waals surface area contributed by atoms with E-state index in [-0.39, 0.29) is 0 Å². The first-order valence-corrected chi connectivity index (χ1v) is 8.50. The van der Waals surface area contributed by atoms with Crippen molar-refractivity contribution < 1.29 is 9.53 Å². The number of benzene rings is 2. The molecule has 0 atom stereocenters. The van der Waals surface area contributed by atoms with E-state index in [4.69, 9.17) is 10.5 Å². The second-order valence-corrected chi connectivity index (χ2v) is 5.86. The topological polar surface area (TPSA) is 105 Å². The number of methoxy groups -OCH3 is 1. The summed E-state index contributed by atoms with van der Waals surface area (Å²) in [5.74, 6) is 2.05. The maximum atomic E-state index is 10.8. The molecule has 1 heterocycles. The Morgan fingerprint density at radius 1 is 1.11 bits per heavy atom. The molecule has 1 aromatic heterocycles. The molecule has 3 aromatic rings. The second-order valence-electron chi connectivity index (χ2n) is 5.86. The van der Waals surface area contributed by atoms with Crippen molar-refractivity contribution in [1.82, 2.24) is 15.3 Å². The van der Waals surface area contributed by atoms with Crippen molar-refractivity contribution in [2.24, 2.45) is 5.73 Å². The predicted octanol–water partition coefficient (Wildman–Crippen LogP) is 2.49. The van der Waals surface area contributed by atoms with Crippen molar-refractivity contribution >= 4 is 34.4 Å². The normalized spacial score (nSPS) is 10.4. The number of anilines is 3. The van der Waals surface area contributed by atoms with Crippen LogP contribution in [0.15, 0.2) is 48.5 Å². The minimum atomic E-state index is -0.559. The van der Waals surface area contributed by atoms with E-state index in [0.29, 0.717) is 19.0 Å². The maximum absolute atomic E-state index is 10.8. The van der Waals surface area contributed by atoms with E-state index in [1.807, 2.05) is 60.5 Å². The Labute approximate surface area is 157 Å². The summed E-state index contributed by atoms with van der Waals surface area (Å²) < 4.78 is 5.22. The zero-order valence-electron chi connectivity index (χ0n) is 15.3. The van der Waals surface area contributed by atoms with Crippen LogP contribution in [0.1, 0.15) is 0 Å². The van der Waals surface area contributed by atoms with Gasteiger partial charge in [0.2, 0.25) is 5.95 Å². The van der Waals surface area contributed by atoms with Crippen LogP contribution in [0, 0.1) is 0 Å². The number of para-hydroxylation sites is 1. The Bertz CT molecular complexity index is 929. The van der Waals surface area contributed by atoms with Gasteiger partial charge in [-0.2, -0.15) is 4.98 Å². The van der Waals surface area contributed by atoms with E-state index >= 15 is 0 Å². The summed E-state index contributed by atoms with van der Waals surface area (Å²) in [6.07, 6.45) is 0. The van der Waals surface area contributed by atoms with E-state index in [1.54, 1.807) is 7.11 Å². The Morgan fingerprint density at radius 3 is 2.56 bits per heavy atom. The summed E-state index contributed by atoms with van der Waals surface area (Å²) in [6, 6.07) is 15.0. The fourth-order valence-corrected chi connectivity index (χ4v) is 2.68. The number of primary amides is 1. The molecule has 0 aliphatic heterocycles. The zero-order chi connectivity index (χ0) is 19.2. The van der Waals surface area contributed by atoms with Crippen molar-refractivity contribution in [3.8, 4) is 5.75 Å². The van der Waals surface area contributed by atoms with Crippen LogP contribution in [0.25, 0.3) is 10.9 Å². The molecule has 0 fully saturated rings. The number of nitrogens with two attached hydrogens (primary N) is 1. The first kappa shape index (κ1) is 18.2. The molecule has 0 spiro atoms. The van der Waals surface area contributed by atoms with Gasteiger partial charge >= 0.3 is 6.03 Å². The number of ether oxygens (including phenoxy) is 1. The Kier molecular flexibility index (Phi) is 5.55. The van der Waals surface area contributed by atoms with E-state index in [0.717, 1.165) is 28.2 Å². The Morgan fingerprint density at radius 2 is 1.85 bits per heavy atom. The summed E-state index contributed by atoms with van der Waals surface area (Å²) >= 11 is 0. The highest BCUT2D eigenvalue weighted by molar-refractivity contribution is 5.92. The van der Waals surface area contributed by atoms with E-state index in [9.17, 15) is 4.79 Å². The van der Waals surface area contributed by atoms with E-state index < -0.39 is 6.03 Å². The molecule has 8 nitrogen and oxygen atoms in total. The van der Waals surface area contributed by atoms with Crippen LogP contribution in [0.4, 0.5) is 22.2 Å². The van der Waals surface area contributed by atoms with E-state index in [2.05, 4.69) is 20.6 Å². The molecule has 140 valence electrons. The van der Waals surface area contributed by atoms with Crippen LogP contribution in [0.3, 0.4) is 0 Å². The average molecular weight is 366 g/mol. The molecule has 8 heteroatoms. The number of nitrogens with one attached hydrogen (secondary N) is 2. The largest absolute Gasteiger partial charge is 0.497 e. The minimum Gasteiger partial charge on any atom is -0.497 e. The monoisotopic (exact) mass is 366 g/mol. The van der Waals surface area contributed by atoms with Gasteiger partial charge in [0.05, 0.1) is 12.6 Å². The SMILES string of the molecule is COc1ccc(N(C)c2nc(NCCNC(N)=O)nc3ccccc23)cc1. The van der Waals surface area contributed by atoms with Crippen molar-refractivity contribution in [2.45, 2.75) is 0 Å². The molecular formula is C19H22N6O2. The van der Waals surface area contributed by atoms with E-state index in [1.165, 1.54) is 0 Å². The number of fused-ring (bicyclic) bond motifs is 1. The van der Waals surface area contributed by atoms with Crippen molar-refractivity contribution in [3.05, 3.63) is 48.5 Å². The number of amides is 2. The molecule has 0 aliphatic carbocycles. The van der Waals surface area contributed by atoms with Gasteiger partial charge in [0.15, 0.2) is 0 Å². The third-order valence-corrected chi connectivity index (χ3v) is 4.07. The molecule has 0 saturated heterocycles. The first-order valence-electron chi connectivity index (χ1n) is 8.50. The number of aromatic nitrogens is 2. The lowest BCUT2D eigenvalue weighted by Gasteiger charge is -2.21. The molecule has 2 amide bonds. The summed E-state index contributed by atoms with van der Waals surface area (Å²) in [7, 11) is 3.59. The molecular weight excluding hydrogens is 344 g/mol. The van der Waals surface area contributed by atoms with Crippen LogP contribution < -0.4 is 26.0 Å². The molecule has 27 heavy (non-hydrogen) atoms. The van der Waals surface area contributed by atoms with Gasteiger partial charge in [-0.1, -0.05) is 12.1 Å². The fraction of sp³-hybridized carbons (Fsp3) is 0.211. The predicted molar refractivity (Wildman–Crippen MR) is 107 cm³/mol. The van der Waals surface area contributed by atoms with Gasteiger partial charge in [0.25, 0.3) is 0 Å². The van der Waals surface area contributed by atoms with Gasteiger partial charge in [-0.3, -0.25) is 0 Å². The van der Waals surface area contributed by atoms with Gasteiger partial charge in [0, 0.05) is 31.2 Å². The third kappa shape index (κ3) is 4.35. The quantitative estimate of drug-likeness (QED) is 0.555. The van der Waals surface area contributed by atoms with Crippen LogP contribution in [-0.4, -0.2) is 43.2 Å². The number of urea groups is 1. The zero-order valence-corrected chi connectivity index (χ0v) is 15.3. The molecule has 3 rings (SSSR count). The highest BCUT2D eigenvalue weighted by Gasteiger charge is 2.13. The molecule has 2 aromatic carbocycles. The first-order chi connectivity index (χ1) is 13.1. The van der Waals surface area contributed by atoms with Crippen molar-refractivity contribution in [2.75, 3.05) is 37.5 Å². The molecule has 0 radical (unpaired) electrons. The van der Waals surface area contributed by atoms with Gasteiger partial charge in [0.1, 0.15) is 11.6 Å². The molecule has 4 N–H and O–H groups in total. The van der Waals surface area contributed by atoms with Crippen LogP contribution in [0.2, 0.25) is 0 Å². The van der Waals surface area contributed by atoms with Crippen LogP contribution in [0.5, 0.6) is 5.75 Å². The van der Waals surface area contributed by atoms with Gasteiger partial charge in [-0.25, -0.2) is 9.78 Å². The third-order valence-electron chi connectivity index (χ3n) is 4.07. The van der Waals surface area contributed by atoms with Gasteiger partial charge < -0.3 is 26.0 Å². The van der Waals surface area contributed by atoms with Gasteiger partial charge in [-0.05, 0) is 36.4 Å². The number of hydrogen-bond acceptors (Lipinski definition) is 6. The van der Waals surface area contributed by atoms with Crippen LogP contribution in [-0.2, 0) is 0 Å². The molecule has 0 bridgehead atoms. The summed E-state index contributed by atoms with van der Waals surface area (Å²) in [6.45, 7) is 0.849. The average Bonchev–Trinajstić information content (AvgIpc) is 2.70. The maximum Gasteiger partial charge on any atom is 0.312 e. The highest BCUT2D eigenvalue weighted by atomic mass is 16.5. The van der Waals surface area contributed by atoms with Crippen molar-refractivity contribution in [3.63, 3.8) is 0 Å². The number of nitrogens with zero attached hydrogens (tertiary/aromatic N) is 3. The Balaban J connectivity index is 1.90. The number of carbonyl (C=O) groups excluding carboxylic acids is 1. The molecule has 0 aliphatic rings. The lowest BCUT2D eigenvalue weighted by Crippen LogP contribution is -2.33. The lowest BCUT2D eigenvalue weighted by atomic mass is 10.2. The van der Waals surface area contributed by atoms with Crippen LogP contribution >= 0.6 is 0 Å². The lowest BCUT2D eigenvalue weighted by molar-refractivity contribution is 0.249. The minimum absolute atomic E-state index is 0.384. The standard InChI is InChI=1S/C19H22N6O2/c1-25(13-7-9-14(27-2)10-8-13)17-15-5-3-4-6-16(15)23-19(24-17)22-12-11-21-18(20)26/h3-10H,11-12H2,1-2H3,(H3,20,21,26)(H,22,23,24). The molecule has 0 saturated carbocycles. The van der Waals surface area contributed by atoms with Gasteiger partial charge in [-0.15, -0.1) is 0 Å². The number of hydrogen-bond donors (Lipinski definition) is 3. The summed E-state index contributed by atoms with van der Waals surface area (Å²) in [5, 5.41) is 6.58. The Hall–Kier alpha value is -3.55. The summed E-state index contributed by atoms with van der Waals surface area (Å²) in [5.41, 5.74) is 6.87. The number of carbonyl (C=O) groups is 1. The van der Waals surface area contributed by atoms with Crippen molar-refractivity contribution in [1.29, 1.82) is 0 Å².